The number of morpholine rings is 1. The molecule has 0 spiro atoms. The van der Waals surface area contributed by atoms with Gasteiger partial charge in [-0.25, -0.2) is 4.79 Å². The van der Waals surface area contributed by atoms with E-state index in [1.807, 2.05) is 0 Å². The predicted octanol–water partition coefficient (Wildman–Crippen LogP) is 1.68. The van der Waals surface area contributed by atoms with Crippen molar-refractivity contribution in [2.24, 2.45) is 5.92 Å². The number of hydrogen-bond donors (Lipinski definition) is 1. The van der Waals surface area contributed by atoms with Crippen LogP contribution in [0, 0.1) is 5.92 Å². The molecule has 0 bridgehead atoms. The Morgan fingerprint density at radius 2 is 1.95 bits per heavy atom. The van der Waals surface area contributed by atoms with Crippen molar-refractivity contribution in [3.05, 3.63) is 0 Å². The van der Waals surface area contributed by atoms with Crippen LogP contribution in [-0.2, 0) is 4.74 Å². The third-order valence-corrected chi connectivity index (χ3v) is 5.26. The molecule has 2 heterocycles. The number of amides is 2. The van der Waals surface area contributed by atoms with Crippen molar-refractivity contribution in [2.75, 3.05) is 39.4 Å². The molecule has 1 saturated carbocycles. The van der Waals surface area contributed by atoms with Gasteiger partial charge in [0.25, 0.3) is 0 Å². The lowest BCUT2D eigenvalue weighted by atomic mass is 9.79. The zero-order chi connectivity index (χ0) is 14.7. The molecule has 1 N–H and O–H groups in total. The summed E-state index contributed by atoms with van der Waals surface area (Å²) in [5.74, 6) is 0.771. The van der Waals surface area contributed by atoms with E-state index in [0.29, 0.717) is 6.04 Å². The van der Waals surface area contributed by atoms with Crippen molar-refractivity contribution >= 4 is 6.03 Å². The Morgan fingerprint density at radius 1 is 1.19 bits per heavy atom. The van der Waals surface area contributed by atoms with Gasteiger partial charge in [-0.1, -0.05) is 6.42 Å². The number of ether oxygens (including phenoxy) is 1. The number of urea groups is 1. The minimum absolute atomic E-state index is 0.158. The van der Waals surface area contributed by atoms with Gasteiger partial charge in [0.15, 0.2) is 0 Å². The molecule has 5 heteroatoms. The molecule has 2 atom stereocenters. The number of nitrogens with one attached hydrogen (secondary N) is 1. The van der Waals surface area contributed by atoms with Crippen LogP contribution >= 0.6 is 0 Å². The molecule has 1 aliphatic carbocycles. The summed E-state index contributed by atoms with van der Waals surface area (Å²) in [5, 5.41) is 3.21. The minimum atomic E-state index is 0.158. The zero-order valence-corrected chi connectivity index (χ0v) is 13.2. The van der Waals surface area contributed by atoms with Gasteiger partial charge in [-0.3, -0.25) is 4.90 Å². The number of likely N-dealkylation sites (tertiary alicyclic amines) is 1. The van der Waals surface area contributed by atoms with Gasteiger partial charge in [-0.05, 0) is 38.5 Å². The molecule has 2 amide bonds. The van der Waals surface area contributed by atoms with Gasteiger partial charge in [0.1, 0.15) is 0 Å². The Bertz CT molecular complexity index is 353. The Balaban J connectivity index is 1.45. The summed E-state index contributed by atoms with van der Waals surface area (Å²) in [5.41, 5.74) is 0. The molecular formula is C16H29N3O2. The van der Waals surface area contributed by atoms with E-state index in [1.165, 1.54) is 32.1 Å². The van der Waals surface area contributed by atoms with E-state index in [4.69, 9.17) is 4.74 Å². The fraction of sp³-hybridized carbons (Fsp3) is 0.938. The molecule has 21 heavy (non-hydrogen) atoms. The highest BCUT2D eigenvalue weighted by Gasteiger charge is 2.37. The first-order valence-electron chi connectivity index (χ1n) is 8.61. The average molecular weight is 295 g/mol. The number of carbonyl (C=O) groups is 1. The maximum absolute atomic E-state index is 12.5. The molecule has 0 aromatic heterocycles. The first-order chi connectivity index (χ1) is 10.2. The highest BCUT2D eigenvalue weighted by Crippen LogP contribution is 2.37. The summed E-state index contributed by atoms with van der Waals surface area (Å²) in [7, 11) is 0. The summed E-state index contributed by atoms with van der Waals surface area (Å²) in [6.45, 7) is 7.58. The van der Waals surface area contributed by atoms with E-state index in [9.17, 15) is 4.79 Å². The zero-order valence-electron chi connectivity index (χ0n) is 13.2. The average Bonchev–Trinajstić information content (AvgIpc) is 2.86. The van der Waals surface area contributed by atoms with Gasteiger partial charge in [0, 0.05) is 38.3 Å². The first-order valence-corrected chi connectivity index (χ1v) is 8.61. The topological polar surface area (TPSA) is 44.8 Å². The normalized spacial score (nSPS) is 29.2. The molecule has 0 radical (unpaired) electrons. The smallest absolute Gasteiger partial charge is 0.317 e. The minimum Gasteiger partial charge on any atom is -0.379 e. The third-order valence-electron chi connectivity index (χ3n) is 5.26. The fourth-order valence-corrected chi connectivity index (χ4v) is 3.87. The van der Waals surface area contributed by atoms with Crippen molar-refractivity contribution in [2.45, 2.75) is 51.1 Å². The lowest BCUT2D eigenvalue weighted by Gasteiger charge is -2.37. The standard InChI is InChI=1S/C16H29N3O2/c1-13(12-18-8-10-21-11-9-18)17-16(20)19-7-3-6-15(19)14-4-2-5-14/h13-15H,2-12H2,1H3,(H,17,20). The first kappa shape index (κ1) is 15.1. The van der Waals surface area contributed by atoms with E-state index in [1.54, 1.807) is 0 Å². The SMILES string of the molecule is CC(CN1CCOCC1)NC(=O)N1CCCC1C1CCC1. The molecule has 2 unspecified atom stereocenters. The molecule has 3 fully saturated rings. The van der Waals surface area contributed by atoms with Crippen molar-refractivity contribution in [3.63, 3.8) is 0 Å². The Kier molecular flexibility index (Phi) is 5.01. The highest BCUT2D eigenvalue weighted by atomic mass is 16.5. The Labute approximate surface area is 128 Å². The molecular weight excluding hydrogens is 266 g/mol. The van der Waals surface area contributed by atoms with E-state index >= 15 is 0 Å². The molecule has 3 rings (SSSR count). The van der Waals surface area contributed by atoms with Crippen LogP contribution in [0.15, 0.2) is 0 Å². The monoisotopic (exact) mass is 295 g/mol. The third kappa shape index (κ3) is 3.69. The number of rotatable bonds is 4. The van der Waals surface area contributed by atoms with E-state index in [-0.39, 0.29) is 12.1 Å². The van der Waals surface area contributed by atoms with Gasteiger partial charge < -0.3 is 15.0 Å². The van der Waals surface area contributed by atoms with Crippen LogP contribution in [0.3, 0.4) is 0 Å². The maximum atomic E-state index is 12.5. The molecule has 5 nitrogen and oxygen atoms in total. The molecule has 0 aromatic carbocycles. The van der Waals surface area contributed by atoms with Crippen LogP contribution in [0.4, 0.5) is 4.79 Å². The second kappa shape index (κ2) is 6.97. The van der Waals surface area contributed by atoms with Gasteiger partial charge >= 0.3 is 6.03 Å². The number of hydrogen-bond acceptors (Lipinski definition) is 3. The van der Waals surface area contributed by atoms with Crippen LogP contribution in [-0.4, -0.2) is 67.3 Å². The largest absolute Gasteiger partial charge is 0.379 e. The van der Waals surface area contributed by atoms with Crippen molar-refractivity contribution < 1.29 is 9.53 Å². The summed E-state index contributed by atoms with van der Waals surface area (Å²) in [6, 6.07) is 0.873. The Morgan fingerprint density at radius 3 is 2.62 bits per heavy atom. The van der Waals surface area contributed by atoms with E-state index in [2.05, 4.69) is 22.0 Å². The summed E-state index contributed by atoms with van der Waals surface area (Å²) < 4.78 is 5.37. The van der Waals surface area contributed by atoms with Crippen LogP contribution in [0.5, 0.6) is 0 Å². The summed E-state index contributed by atoms with van der Waals surface area (Å²) >= 11 is 0. The Hall–Kier alpha value is -0.810. The molecule has 2 saturated heterocycles. The maximum Gasteiger partial charge on any atom is 0.317 e. The van der Waals surface area contributed by atoms with E-state index in [0.717, 1.165) is 45.3 Å². The molecule has 120 valence electrons. The summed E-state index contributed by atoms with van der Waals surface area (Å²) in [4.78, 5) is 17.0. The second-order valence-corrected chi connectivity index (χ2v) is 6.86. The van der Waals surface area contributed by atoms with Crippen LogP contribution in [0.1, 0.15) is 39.0 Å². The lowest BCUT2D eigenvalue weighted by molar-refractivity contribution is 0.0344. The van der Waals surface area contributed by atoms with Gasteiger partial charge in [0.05, 0.1) is 13.2 Å². The predicted molar refractivity (Wildman–Crippen MR) is 82.3 cm³/mol. The van der Waals surface area contributed by atoms with Crippen LogP contribution in [0.25, 0.3) is 0 Å². The van der Waals surface area contributed by atoms with Crippen molar-refractivity contribution in [1.82, 2.24) is 15.1 Å². The fourth-order valence-electron chi connectivity index (χ4n) is 3.87. The molecule has 2 aliphatic heterocycles. The molecule has 3 aliphatic rings. The molecule has 0 aromatic rings. The van der Waals surface area contributed by atoms with Crippen LogP contribution < -0.4 is 5.32 Å². The lowest BCUT2D eigenvalue weighted by Crippen LogP contribution is -2.52. The number of carbonyl (C=O) groups excluding carboxylic acids is 1. The second-order valence-electron chi connectivity index (χ2n) is 6.86. The highest BCUT2D eigenvalue weighted by molar-refractivity contribution is 5.75. The summed E-state index contributed by atoms with van der Waals surface area (Å²) in [6.07, 6.45) is 6.36. The number of nitrogens with zero attached hydrogens (tertiary/aromatic N) is 2. The van der Waals surface area contributed by atoms with Crippen molar-refractivity contribution in [3.8, 4) is 0 Å². The van der Waals surface area contributed by atoms with Gasteiger partial charge in [0.2, 0.25) is 0 Å². The van der Waals surface area contributed by atoms with Crippen molar-refractivity contribution in [1.29, 1.82) is 0 Å². The quantitative estimate of drug-likeness (QED) is 0.858. The van der Waals surface area contributed by atoms with Gasteiger partial charge in [-0.2, -0.15) is 0 Å². The van der Waals surface area contributed by atoms with E-state index < -0.39 is 0 Å². The van der Waals surface area contributed by atoms with Gasteiger partial charge in [-0.15, -0.1) is 0 Å². The van der Waals surface area contributed by atoms with Crippen LogP contribution in [0.2, 0.25) is 0 Å².